The van der Waals surface area contributed by atoms with Gasteiger partial charge in [-0.3, -0.25) is 4.79 Å². The maximum Gasteiger partial charge on any atom is 0.210 e. The highest BCUT2D eigenvalue weighted by atomic mass is 16.5. The standard InChI is InChI=1S/C16H17N3O2/c1-19-7-5-12(6-8-19)21-14-4-2-3-13-15(14)16(20)11(9-17)10-18-13/h2-4,10,12H,5-8H2,1H3,(H,18,20). The van der Waals surface area contributed by atoms with E-state index in [9.17, 15) is 4.79 Å². The first-order valence-electron chi connectivity index (χ1n) is 7.09. The van der Waals surface area contributed by atoms with Crippen LogP contribution in [0.2, 0.25) is 0 Å². The third-order valence-electron chi connectivity index (χ3n) is 3.95. The molecule has 2 aromatic rings. The number of benzene rings is 1. The summed E-state index contributed by atoms with van der Waals surface area (Å²) in [5, 5.41) is 9.47. The molecule has 0 saturated carbocycles. The third kappa shape index (κ3) is 2.63. The van der Waals surface area contributed by atoms with Gasteiger partial charge in [0.2, 0.25) is 5.43 Å². The van der Waals surface area contributed by atoms with E-state index < -0.39 is 0 Å². The number of hydrogen-bond donors (Lipinski definition) is 1. The van der Waals surface area contributed by atoms with Crippen LogP contribution >= 0.6 is 0 Å². The topological polar surface area (TPSA) is 69.1 Å². The van der Waals surface area contributed by atoms with Gasteiger partial charge in [0.15, 0.2) is 0 Å². The minimum atomic E-state index is -0.269. The van der Waals surface area contributed by atoms with Crippen molar-refractivity contribution in [3.63, 3.8) is 0 Å². The smallest absolute Gasteiger partial charge is 0.210 e. The number of ether oxygens (including phenoxy) is 1. The molecule has 3 rings (SSSR count). The first-order valence-corrected chi connectivity index (χ1v) is 7.09. The molecule has 0 radical (unpaired) electrons. The van der Waals surface area contributed by atoms with Crippen LogP contribution in [-0.4, -0.2) is 36.1 Å². The lowest BCUT2D eigenvalue weighted by Crippen LogP contribution is -2.35. The number of likely N-dealkylation sites (tertiary alicyclic amines) is 1. The molecule has 1 aliphatic heterocycles. The van der Waals surface area contributed by atoms with Crippen LogP contribution in [0.5, 0.6) is 5.75 Å². The van der Waals surface area contributed by atoms with Gasteiger partial charge in [0.1, 0.15) is 23.5 Å². The van der Waals surface area contributed by atoms with Crippen LogP contribution in [0.1, 0.15) is 18.4 Å². The number of nitriles is 1. The van der Waals surface area contributed by atoms with E-state index in [2.05, 4.69) is 16.9 Å². The molecule has 5 nitrogen and oxygen atoms in total. The molecule has 1 aromatic carbocycles. The van der Waals surface area contributed by atoms with Gasteiger partial charge in [0, 0.05) is 19.3 Å². The Hall–Kier alpha value is -2.32. The van der Waals surface area contributed by atoms with E-state index in [1.54, 1.807) is 6.07 Å². The fourth-order valence-corrected chi connectivity index (χ4v) is 2.70. The van der Waals surface area contributed by atoms with Crippen molar-refractivity contribution in [2.75, 3.05) is 20.1 Å². The molecule has 0 unspecified atom stereocenters. The molecule has 1 aromatic heterocycles. The number of piperidine rings is 1. The Balaban J connectivity index is 1.99. The monoisotopic (exact) mass is 283 g/mol. The van der Waals surface area contributed by atoms with Gasteiger partial charge in [0.25, 0.3) is 0 Å². The van der Waals surface area contributed by atoms with E-state index in [4.69, 9.17) is 10.00 Å². The number of nitrogens with zero attached hydrogens (tertiary/aromatic N) is 2. The summed E-state index contributed by atoms with van der Waals surface area (Å²) in [6.07, 6.45) is 3.46. The molecule has 1 saturated heterocycles. The van der Waals surface area contributed by atoms with Crippen molar-refractivity contribution in [2.24, 2.45) is 0 Å². The van der Waals surface area contributed by atoms with E-state index >= 15 is 0 Å². The van der Waals surface area contributed by atoms with Gasteiger partial charge < -0.3 is 14.6 Å². The predicted molar refractivity (Wildman–Crippen MR) is 80.4 cm³/mol. The van der Waals surface area contributed by atoms with Crippen LogP contribution in [0, 0.1) is 11.3 Å². The summed E-state index contributed by atoms with van der Waals surface area (Å²) in [6.45, 7) is 1.99. The average Bonchev–Trinajstić information content (AvgIpc) is 2.50. The molecule has 0 aliphatic carbocycles. The Kier molecular flexibility index (Phi) is 3.63. The minimum Gasteiger partial charge on any atom is -0.489 e. The lowest BCUT2D eigenvalue weighted by Gasteiger charge is -2.29. The van der Waals surface area contributed by atoms with Crippen LogP contribution in [0.3, 0.4) is 0 Å². The summed E-state index contributed by atoms with van der Waals surface area (Å²) in [4.78, 5) is 17.6. The maximum absolute atomic E-state index is 12.3. The van der Waals surface area contributed by atoms with Gasteiger partial charge in [-0.1, -0.05) is 6.07 Å². The Morgan fingerprint density at radius 1 is 1.38 bits per heavy atom. The van der Waals surface area contributed by atoms with Crippen LogP contribution in [0.25, 0.3) is 10.9 Å². The highest BCUT2D eigenvalue weighted by molar-refractivity contribution is 5.85. The van der Waals surface area contributed by atoms with Gasteiger partial charge in [-0.25, -0.2) is 0 Å². The molecular formula is C16H17N3O2. The van der Waals surface area contributed by atoms with Gasteiger partial charge in [-0.15, -0.1) is 0 Å². The highest BCUT2D eigenvalue weighted by Crippen LogP contribution is 2.25. The number of aromatic nitrogens is 1. The van der Waals surface area contributed by atoms with Crippen molar-refractivity contribution in [1.82, 2.24) is 9.88 Å². The fraction of sp³-hybridized carbons (Fsp3) is 0.375. The van der Waals surface area contributed by atoms with Crippen molar-refractivity contribution in [1.29, 1.82) is 5.26 Å². The van der Waals surface area contributed by atoms with Crippen LogP contribution in [0.15, 0.2) is 29.2 Å². The number of aromatic amines is 1. The van der Waals surface area contributed by atoms with Crippen LogP contribution < -0.4 is 10.2 Å². The minimum absolute atomic E-state index is 0.113. The van der Waals surface area contributed by atoms with E-state index in [0.717, 1.165) is 25.9 Å². The summed E-state index contributed by atoms with van der Waals surface area (Å²) in [7, 11) is 2.10. The molecule has 1 N–H and O–H groups in total. The molecule has 1 fully saturated rings. The Labute approximate surface area is 122 Å². The summed E-state index contributed by atoms with van der Waals surface area (Å²) in [5.41, 5.74) is 0.543. The molecule has 0 atom stereocenters. The SMILES string of the molecule is CN1CCC(Oc2cccc3[nH]cc(C#N)c(=O)c23)CC1. The molecule has 21 heavy (non-hydrogen) atoms. The summed E-state index contributed by atoms with van der Waals surface area (Å²) < 4.78 is 6.04. The molecule has 5 heteroatoms. The average molecular weight is 283 g/mol. The van der Waals surface area contributed by atoms with Crippen molar-refractivity contribution < 1.29 is 4.74 Å². The molecule has 0 spiro atoms. The predicted octanol–water partition coefficient (Wildman–Crippen LogP) is 1.87. The highest BCUT2D eigenvalue weighted by Gasteiger charge is 2.19. The Bertz CT molecular complexity index is 752. The molecular weight excluding hydrogens is 266 g/mol. The second-order valence-electron chi connectivity index (χ2n) is 5.44. The first-order chi connectivity index (χ1) is 10.2. The molecule has 0 amide bonds. The van der Waals surface area contributed by atoms with Gasteiger partial charge in [-0.05, 0) is 32.0 Å². The maximum atomic E-state index is 12.3. The number of H-pyrrole nitrogens is 1. The number of fused-ring (bicyclic) bond motifs is 1. The molecule has 0 bridgehead atoms. The number of pyridine rings is 1. The fourth-order valence-electron chi connectivity index (χ4n) is 2.70. The number of hydrogen-bond acceptors (Lipinski definition) is 4. The van der Waals surface area contributed by atoms with Crippen LogP contribution in [0.4, 0.5) is 0 Å². The zero-order valence-electron chi connectivity index (χ0n) is 11.9. The lowest BCUT2D eigenvalue weighted by atomic mass is 10.1. The third-order valence-corrected chi connectivity index (χ3v) is 3.95. The van der Waals surface area contributed by atoms with Gasteiger partial charge in [-0.2, -0.15) is 5.26 Å². The van der Waals surface area contributed by atoms with Crippen molar-refractivity contribution >= 4 is 10.9 Å². The number of nitrogens with one attached hydrogen (secondary N) is 1. The lowest BCUT2D eigenvalue weighted by molar-refractivity contribution is 0.115. The first kappa shape index (κ1) is 13.7. The molecule has 1 aliphatic rings. The number of rotatable bonds is 2. The largest absolute Gasteiger partial charge is 0.489 e. The van der Waals surface area contributed by atoms with Crippen molar-refractivity contribution in [2.45, 2.75) is 18.9 Å². The van der Waals surface area contributed by atoms with E-state index in [-0.39, 0.29) is 17.1 Å². The van der Waals surface area contributed by atoms with Gasteiger partial charge in [0.05, 0.1) is 10.9 Å². The van der Waals surface area contributed by atoms with Crippen LogP contribution in [-0.2, 0) is 0 Å². The van der Waals surface area contributed by atoms with E-state index in [1.807, 2.05) is 18.2 Å². The van der Waals surface area contributed by atoms with Crippen molar-refractivity contribution in [3.8, 4) is 11.8 Å². The quantitative estimate of drug-likeness (QED) is 0.913. The zero-order chi connectivity index (χ0) is 14.8. The Morgan fingerprint density at radius 3 is 2.86 bits per heavy atom. The van der Waals surface area contributed by atoms with E-state index in [1.165, 1.54) is 6.20 Å². The summed E-state index contributed by atoms with van der Waals surface area (Å²) >= 11 is 0. The zero-order valence-corrected chi connectivity index (χ0v) is 11.9. The Morgan fingerprint density at radius 2 is 2.14 bits per heavy atom. The summed E-state index contributed by atoms with van der Waals surface area (Å²) in [5.74, 6) is 0.570. The van der Waals surface area contributed by atoms with Gasteiger partial charge >= 0.3 is 0 Å². The van der Waals surface area contributed by atoms with Crippen molar-refractivity contribution in [3.05, 3.63) is 40.2 Å². The van der Waals surface area contributed by atoms with E-state index in [0.29, 0.717) is 16.7 Å². The second-order valence-corrected chi connectivity index (χ2v) is 5.44. The molecule has 108 valence electrons. The second kappa shape index (κ2) is 5.58. The summed E-state index contributed by atoms with van der Waals surface area (Å²) in [6, 6.07) is 7.40. The normalized spacial score (nSPS) is 16.8. The molecule has 2 heterocycles.